The van der Waals surface area contributed by atoms with Gasteiger partial charge >= 0.3 is 96.9 Å². The van der Waals surface area contributed by atoms with Crippen molar-refractivity contribution in [2.45, 2.75) is 52.9 Å². The van der Waals surface area contributed by atoms with Crippen molar-refractivity contribution in [3.8, 4) is 0 Å². The Labute approximate surface area is 96.8 Å². The van der Waals surface area contributed by atoms with Crippen molar-refractivity contribution >= 4 is 20.6 Å². The number of rotatable bonds is 3. The molecule has 0 bridgehead atoms. The van der Waals surface area contributed by atoms with Crippen molar-refractivity contribution < 1.29 is 0 Å². The second-order valence-corrected chi connectivity index (χ2v) is 12.0. The van der Waals surface area contributed by atoms with Crippen LogP contribution in [0.2, 0.25) is 0 Å². The van der Waals surface area contributed by atoms with Crippen LogP contribution in [-0.2, 0) is 0 Å². The maximum atomic E-state index is 2.74. The Morgan fingerprint density at radius 2 is 1.36 bits per heavy atom. The summed E-state index contributed by atoms with van der Waals surface area (Å²) in [5, 5.41) is 0. The predicted octanol–water partition coefficient (Wildman–Crippen LogP) is 1.31. The van der Waals surface area contributed by atoms with Gasteiger partial charge in [-0.1, -0.05) is 0 Å². The van der Waals surface area contributed by atoms with Gasteiger partial charge in [0.2, 0.25) is 0 Å². The van der Waals surface area contributed by atoms with Crippen LogP contribution in [0.4, 0.5) is 0 Å². The molecule has 1 radical (unpaired) electrons. The first-order valence-electron chi connectivity index (χ1n) is 5.48. The molecule has 83 valence electrons. The van der Waals surface area contributed by atoms with Crippen LogP contribution in [0.5, 0.6) is 0 Å². The van der Waals surface area contributed by atoms with Gasteiger partial charge in [-0.2, -0.15) is 0 Å². The van der Waals surface area contributed by atoms with Gasteiger partial charge in [-0.05, 0) is 0 Å². The molecule has 1 saturated heterocycles. The number of hydrogen-bond donors (Lipinski definition) is 0. The monoisotopic (exact) mass is 306 g/mol. The Morgan fingerprint density at radius 1 is 1.00 bits per heavy atom. The van der Waals surface area contributed by atoms with Crippen LogP contribution in [0.1, 0.15) is 34.6 Å². The molecule has 0 unspecified atom stereocenters. The summed E-state index contributed by atoms with van der Waals surface area (Å²) in [6, 6.07) is 1.41. The topological polar surface area (TPSA) is 9.72 Å². The standard InChI is InChI=1S/C8H18N2.C2H6N.Sn/c1-6(2)9-8(5)10-7(3)4;1-3-2;/h6-8H,1-5H3;1-2H3;/q-2;-1;+3. The Balaban J connectivity index is 2.74. The second kappa shape index (κ2) is 4.68. The summed E-state index contributed by atoms with van der Waals surface area (Å²) in [5.74, 6) is 0. The molecule has 0 aliphatic carbocycles. The second-order valence-electron chi connectivity index (χ2n) is 4.83. The van der Waals surface area contributed by atoms with Gasteiger partial charge < -0.3 is 0 Å². The van der Waals surface area contributed by atoms with Crippen molar-refractivity contribution in [3.63, 3.8) is 0 Å². The van der Waals surface area contributed by atoms with E-state index in [0.717, 1.165) is 0 Å². The minimum absolute atomic E-state index is 0.659. The maximum absolute atomic E-state index is 2.74. The molecule has 1 aliphatic rings. The van der Waals surface area contributed by atoms with E-state index in [4.69, 9.17) is 0 Å². The Bertz CT molecular complexity index is 178. The third-order valence-electron chi connectivity index (χ3n) is 2.78. The zero-order valence-corrected chi connectivity index (χ0v) is 13.4. The van der Waals surface area contributed by atoms with Crippen LogP contribution in [0.3, 0.4) is 0 Å². The summed E-state index contributed by atoms with van der Waals surface area (Å²) in [7, 11) is 4.48. The zero-order chi connectivity index (χ0) is 11.0. The quantitative estimate of drug-likeness (QED) is 0.728. The molecular formula is C10H24N3Sn. The number of hydrogen-bond acceptors (Lipinski definition) is 3. The average Bonchev–Trinajstić information content (AvgIpc) is 1.97. The molecule has 0 aromatic heterocycles. The molecule has 3 nitrogen and oxygen atoms in total. The summed E-state index contributed by atoms with van der Waals surface area (Å²) in [4.78, 5) is 0. The van der Waals surface area contributed by atoms with E-state index in [1.165, 1.54) is 0 Å². The molecule has 4 heteroatoms. The fourth-order valence-corrected chi connectivity index (χ4v) is 10.5. The van der Waals surface area contributed by atoms with Gasteiger partial charge in [0.25, 0.3) is 0 Å². The van der Waals surface area contributed by atoms with Gasteiger partial charge in [-0.25, -0.2) is 0 Å². The van der Waals surface area contributed by atoms with Crippen LogP contribution in [-0.4, -0.2) is 62.3 Å². The van der Waals surface area contributed by atoms with Crippen LogP contribution in [0.25, 0.3) is 0 Å². The van der Waals surface area contributed by atoms with E-state index in [9.17, 15) is 0 Å². The van der Waals surface area contributed by atoms with E-state index in [1.54, 1.807) is 0 Å². The van der Waals surface area contributed by atoms with E-state index < -0.39 is 20.6 Å². The average molecular weight is 305 g/mol. The van der Waals surface area contributed by atoms with Crippen LogP contribution in [0, 0.1) is 0 Å². The van der Waals surface area contributed by atoms with E-state index in [1.807, 2.05) is 0 Å². The van der Waals surface area contributed by atoms with E-state index in [-0.39, 0.29) is 0 Å². The molecule has 0 saturated carbocycles. The molecule has 0 aromatic carbocycles. The molecule has 0 spiro atoms. The van der Waals surface area contributed by atoms with Crippen molar-refractivity contribution in [2.75, 3.05) is 14.1 Å². The molecule has 1 fully saturated rings. The first-order chi connectivity index (χ1) is 6.37. The Morgan fingerprint density at radius 3 is 1.57 bits per heavy atom. The van der Waals surface area contributed by atoms with Gasteiger partial charge in [0.15, 0.2) is 0 Å². The summed E-state index contributed by atoms with van der Waals surface area (Å²) < 4.78 is 7.96. The summed E-state index contributed by atoms with van der Waals surface area (Å²) in [6.07, 6.45) is 0.659. The van der Waals surface area contributed by atoms with Crippen molar-refractivity contribution in [1.82, 2.24) is 9.36 Å². The fraction of sp³-hybridized carbons (Fsp3) is 1.00. The Hall–Kier alpha value is 0.679. The van der Waals surface area contributed by atoms with Crippen molar-refractivity contribution in [1.29, 1.82) is 0 Å². The molecule has 0 N–H and O–H groups in total. The third kappa shape index (κ3) is 2.10. The van der Waals surface area contributed by atoms with Crippen LogP contribution < -0.4 is 0 Å². The zero-order valence-electron chi connectivity index (χ0n) is 10.6. The number of nitrogens with zero attached hydrogens (tertiary/aromatic N) is 3. The van der Waals surface area contributed by atoms with Gasteiger partial charge in [-0.3, -0.25) is 0 Å². The van der Waals surface area contributed by atoms with E-state index in [0.29, 0.717) is 18.2 Å². The van der Waals surface area contributed by atoms with E-state index >= 15 is 0 Å². The molecule has 1 heterocycles. The fourth-order valence-electron chi connectivity index (χ4n) is 2.33. The summed E-state index contributed by atoms with van der Waals surface area (Å²) in [6.45, 7) is 11.6. The molecule has 0 aromatic rings. The molecule has 0 atom stereocenters. The molecule has 1 rings (SSSR count). The molecule has 0 amide bonds. The third-order valence-corrected chi connectivity index (χ3v) is 12.8. The van der Waals surface area contributed by atoms with Crippen LogP contribution >= 0.6 is 0 Å². The summed E-state index contributed by atoms with van der Waals surface area (Å²) >= 11 is -1.58. The normalized spacial score (nSPS) is 22.7. The molecular weight excluding hydrogens is 281 g/mol. The Kier molecular flexibility index (Phi) is 4.26. The van der Waals surface area contributed by atoms with Gasteiger partial charge in [-0.15, -0.1) is 0 Å². The van der Waals surface area contributed by atoms with Gasteiger partial charge in [0.1, 0.15) is 0 Å². The van der Waals surface area contributed by atoms with Gasteiger partial charge in [0, 0.05) is 0 Å². The molecule has 1 aliphatic heterocycles. The van der Waals surface area contributed by atoms with Crippen molar-refractivity contribution in [2.24, 2.45) is 0 Å². The minimum atomic E-state index is -1.58. The first-order valence-corrected chi connectivity index (χ1v) is 9.31. The van der Waals surface area contributed by atoms with E-state index in [2.05, 4.69) is 58.1 Å². The molecule has 14 heavy (non-hydrogen) atoms. The predicted molar refractivity (Wildman–Crippen MR) is 62.9 cm³/mol. The van der Waals surface area contributed by atoms with Crippen LogP contribution in [0.15, 0.2) is 0 Å². The summed E-state index contributed by atoms with van der Waals surface area (Å²) in [5.41, 5.74) is 0. The SMILES string of the molecule is CC(C)[N]1C(C)[N](C(C)C)[Sn]1[N](C)C. The van der Waals surface area contributed by atoms with Crippen molar-refractivity contribution in [3.05, 3.63) is 0 Å². The van der Waals surface area contributed by atoms with Gasteiger partial charge in [0.05, 0.1) is 0 Å². The first kappa shape index (κ1) is 12.7.